The fraction of sp³-hybridized carbons (Fsp3) is 0.750. The highest BCUT2D eigenvalue weighted by Gasteiger charge is 2.75. The molecule has 8 nitrogen and oxygen atoms in total. The number of halogens is 1. The Morgan fingerprint density at radius 2 is 1.97 bits per heavy atom. The quantitative estimate of drug-likeness (QED) is 0.191. The van der Waals surface area contributed by atoms with Gasteiger partial charge in [-0.3, -0.25) is 9.59 Å². The van der Waals surface area contributed by atoms with Crippen molar-refractivity contribution in [1.29, 1.82) is 0 Å². The first-order chi connectivity index (χ1) is 18.0. The maximum Gasteiger partial charge on any atom is 0.407 e. The van der Waals surface area contributed by atoms with Crippen LogP contribution in [0.3, 0.4) is 0 Å². The van der Waals surface area contributed by atoms with Crippen molar-refractivity contribution < 1.29 is 38.8 Å². The number of carbonyl (C=O) groups is 3. The van der Waals surface area contributed by atoms with Gasteiger partial charge in [0.05, 0.1) is 6.10 Å². The van der Waals surface area contributed by atoms with Crippen LogP contribution in [0.15, 0.2) is 23.8 Å². The molecular formula is C28H40FNO7S2. The Morgan fingerprint density at radius 3 is 2.64 bits per heavy atom. The molecular weight excluding hydrogens is 545 g/mol. The summed E-state index contributed by atoms with van der Waals surface area (Å²) in [5.41, 5.74) is -5.56. The second-order valence-electron chi connectivity index (χ2n) is 12.4. The van der Waals surface area contributed by atoms with Gasteiger partial charge in [-0.25, -0.2) is 9.18 Å². The molecule has 3 saturated carbocycles. The van der Waals surface area contributed by atoms with E-state index in [0.717, 1.165) is 0 Å². The molecule has 0 aromatic carbocycles. The third-order valence-electron chi connectivity index (χ3n) is 9.70. The van der Waals surface area contributed by atoms with Gasteiger partial charge in [0.15, 0.2) is 18.1 Å². The van der Waals surface area contributed by atoms with Gasteiger partial charge in [0, 0.05) is 29.0 Å². The van der Waals surface area contributed by atoms with E-state index >= 15 is 4.39 Å². The van der Waals surface area contributed by atoms with Crippen molar-refractivity contribution in [3.8, 4) is 0 Å². The normalized spacial score (nSPS) is 41.3. The Labute approximate surface area is 237 Å². The van der Waals surface area contributed by atoms with Gasteiger partial charge in [-0.2, -0.15) is 0 Å². The van der Waals surface area contributed by atoms with Crippen LogP contribution < -0.4 is 5.32 Å². The monoisotopic (exact) mass is 585 g/mol. The molecule has 218 valence electrons. The zero-order valence-electron chi connectivity index (χ0n) is 23.2. The summed E-state index contributed by atoms with van der Waals surface area (Å²) in [7, 11) is 2.65. The van der Waals surface area contributed by atoms with E-state index in [2.05, 4.69) is 5.32 Å². The molecule has 8 atom stereocenters. The Morgan fingerprint density at radius 1 is 1.28 bits per heavy atom. The third-order valence-corrected chi connectivity index (χ3v) is 12.7. The number of amides is 1. The van der Waals surface area contributed by atoms with Gasteiger partial charge in [0.25, 0.3) is 0 Å². The highest BCUT2D eigenvalue weighted by Crippen LogP contribution is 2.70. The SMILES string of the molecule is C[C@H]1C[C@@H]2[C@H]3CCC4=CC(=O)C=C[C@@]4(C)[C@]3(F)[C@H](O)C[C@@]2(C)[C@]1(O)C(=O)COC(=O)NCCSSC(C)(C)O. The van der Waals surface area contributed by atoms with Gasteiger partial charge < -0.3 is 25.4 Å². The molecule has 0 radical (unpaired) electrons. The molecule has 1 amide bonds. The predicted octanol–water partition coefficient (Wildman–Crippen LogP) is 3.74. The molecule has 0 spiro atoms. The highest BCUT2D eigenvalue weighted by molar-refractivity contribution is 8.77. The summed E-state index contributed by atoms with van der Waals surface area (Å²) in [6.07, 6.45) is 3.30. The Hall–Kier alpha value is -1.40. The van der Waals surface area contributed by atoms with Crippen LogP contribution in [-0.4, -0.2) is 74.2 Å². The first kappa shape index (κ1) is 30.6. The lowest BCUT2D eigenvalue weighted by Gasteiger charge is -2.62. The number of aliphatic hydroxyl groups excluding tert-OH is 1. The van der Waals surface area contributed by atoms with Crippen molar-refractivity contribution in [3.05, 3.63) is 23.8 Å². The summed E-state index contributed by atoms with van der Waals surface area (Å²) >= 11 is 0. The van der Waals surface area contributed by atoms with Crippen LogP contribution in [0, 0.1) is 28.6 Å². The number of rotatable bonds is 8. The van der Waals surface area contributed by atoms with Crippen LogP contribution in [0.1, 0.15) is 60.3 Å². The summed E-state index contributed by atoms with van der Waals surface area (Å²) in [5.74, 6) is -1.89. The van der Waals surface area contributed by atoms with E-state index in [1.807, 2.05) is 0 Å². The van der Waals surface area contributed by atoms with E-state index in [9.17, 15) is 29.7 Å². The molecule has 4 aliphatic carbocycles. The first-order valence-corrected chi connectivity index (χ1v) is 15.8. The number of fused-ring (bicyclic) bond motifs is 5. The molecule has 11 heteroatoms. The number of ketones is 2. The number of hydrogen-bond acceptors (Lipinski definition) is 9. The van der Waals surface area contributed by atoms with Crippen molar-refractivity contribution in [1.82, 2.24) is 5.32 Å². The molecule has 4 aliphatic rings. The summed E-state index contributed by atoms with van der Waals surface area (Å²) in [6, 6.07) is 0. The van der Waals surface area contributed by atoms with Crippen molar-refractivity contribution >= 4 is 39.2 Å². The van der Waals surface area contributed by atoms with Gasteiger partial charge >= 0.3 is 6.09 Å². The molecule has 0 aliphatic heterocycles. The minimum Gasteiger partial charge on any atom is -0.441 e. The molecule has 4 N–H and O–H groups in total. The van der Waals surface area contributed by atoms with Gasteiger partial charge in [-0.1, -0.05) is 47.1 Å². The van der Waals surface area contributed by atoms with Gasteiger partial charge in [-0.15, -0.1) is 0 Å². The van der Waals surface area contributed by atoms with Crippen molar-refractivity contribution in [2.45, 2.75) is 82.6 Å². The van der Waals surface area contributed by atoms with Gasteiger partial charge in [0.2, 0.25) is 5.78 Å². The summed E-state index contributed by atoms with van der Waals surface area (Å²) in [5, 5.41) is 35.6. The van der Waals surface area contributed by atoms with Crippen LogP contribution >= 0.6 is 21.6 Å². The molecule has 39 heavy (non-hydrogen) atoms. The van der Waals surface area contributed by atoms with Crippen molar-refractivity contribution in [2.24, 2.45) is 28.6 Å². The number of alkyl halides is 1. The van der Waals surface area contributed by atoms with E-state index in [1.165, 1.54) is 33.7 Å². The van der Waals surface area contributed by atoms with Gasteiger partial charge in [-0.05, 0) is 70.4 Å². The van der Waals surface area contributed by atoms with E-state index in [-0.39, 0.29) is 18.7 Å². The largest absolute Gasteiger partial charge is 0.441 e. The molecule has 0 unspecified atom stereocenters. The van der Waals surface area contributed by atoms with E-state index in [1.54, 1.807) is 40.7 Å². The van der Waals surface area contributed by atoms with Crippen LogP contribution in [0.5, 0.6) is 0 Å². The zero-order chi connectivity index (χ0) is 29.0. The Balaban J connectivity index is 1.46. The fourth-order valence-electron chi connectivity index (χ4n) is 7.81. The van der Waals surface area contributed by atoms with Crippen LogP contribution in [-0.2, 0) is 14.3 Å². The molecule has 0 aromatic rings. The first-order valence-electron chi connectivity index (χ1n) is 13.5. The maximum atomic E-state index is 17.2. The number of alkyl carbamates (subject to hydrolysis) is 1. The zero-order valence-corrected chi connectivity index (χ0v) is 24.8. The maximum absolute atomic E-state index is 17.2. The summed E-state index contributed by atoms with van der Waals surface area (Å²) in [4.78, 5) is 36.8. The van der Waals surface area contributed by atoms with Crippen molar-refractivity contribution in [3.63, 3.8) is 0 Å². The number of ether oxygens (including phenoxy) is 1. The number of allylic oxidation sites excluding steroid dienone is 4. The average molecular weight is 586 g/mol. The number of carbonyl (C=O) groups excluding carboxylic acids is 3. The van der Waals surface area contributed by atoms with Crippen molar-refractivity contribution in [2.75, 3.05) is 18.9 Å². The molecule has 3 fully saturated rings. The highest BCUT2D eigenvalue weighted by atomic mass is 33.1. The van der Waals surface area contributed by atoms with E-state index < -0.39 is 69.4 Å². The standard InChI is InChI=1S/C28H40FNO7S2/c1-16-12-20-19-7-6-17-13-18(31)8-9-25(17,4)27(19,29)21(32)14-26(20,5)28(16,36)22(33)15-37-23(34)30-10-11-38-39-24(2,3)35/h8-9,13,16,19-21,32,35-36H,6-7,10-12,14-15H2,1-5H3,(H,30,34)/t16-,19+,20+,21+,25+,26+,27+,28+/m0/s1. The minimum atomic E-state index is -2.05. The van der Waals surface area contributed by atoms with Crippen LogP contribution in [0.25, 0.3) is 0 Å². The topological polar surface area (TPSA) is 133 Å². The molecule has 0 saturated heterocycles. The second kappa shape index (κ2) is 10.5. The summed E-state index contributed by atoms with van der Waals surface area (Å²) in [6.45, 7) is 8.17. The third kappa shape index (κ3) is 4.90. The Kier molecular flexibility index (Phi) is 8.19. The second-order valence-corrected chi connectivity index (χ2v) is 15.5. The average Bonchev–Trinajstić information content (AvgIpc) is 3.04. The molecule has 4 rings (SSSR count). The van der Waals surface area contributed by atoms with E-state index in [4.69, 9.17) is 4.74 Å². The number of Topliss-reactive ketones (excluding diaryl/α,β-unsaturated/α-hetero) is 1. The number of hydrogen-bond donors (Lipinski definition) is 4. The van der Waals surface area contributed by atoms with E-state index in [0.29, 0.717) is 30.6 Å². The Bertz CT molecular complexity index is 1090. The molecule has 0 bridgehead atoms. The molecule has 0 heterocycles. The fourth-order valence-corrected chi connectivity index (χ4v) is 9.74. The number of aliphatic hydroxyl groups is 3. The summed E-state index contributed by atoms with van der Waals surface area (Å²) < 4.78 is 22.4. The lowest BCUT2D eigenvalue weighted by atomic mass is 9.44. The predicted molar refractivity (Wildman–Crippen MR) is 149 cm³/mol. The van der Waals surface area contributed by atoms with Crippen LogP contribution in [0.2, 0.25) is 0 Å². The number of nitrogens with one attached hydrogen (secondary N) is 1. The lowest BCUT2D eigenvalue weighted by molar-refractivity contribution is -0.219. The smallest absolute Gasteiger partial charge is 0.407 e. The molecule has 0 aromatic heterocycles. The minimum absolute atomic E-state index is 0.135. The lowest BCUT2D eigenvalue weighted by Crippen LogP contribution is -2.69. The van der Waals surface area contributed by atoms with Crippen LogP contribution in [0.4, 0.5) is 9.18 Å². The van der Waals surface area contributed by atoms with Gasteiger partial charge in [0.1, 0.15) is 10.5 Å².